The average Bonchev–Trinajstić information content (AvgIpc) is 3.25. The van der Waals surface area contributed by atoms with Gasteiger partial charge in [0.05, 0.1) is 18.3 Å². The van der Waals surface area contributed by atoms with Crippen molar-refractivity contribution in [3.63, 3.8) is 0 Å². The second-order valence-electron chi connectivity index (χ2n) is 8.75. The third-order valence-corrected chi connectivity index (χ3v) is 7.88. The molecule has 37 heavy (non-hydrogen) atoms. The van der Waals surface area contributed by atoms with Gasteiger partial charge in [0.15, 0.2) is 0 Å². The Balaban J connectivity index is 1.85. The molecule has 9 nitrogen and oxygen atoms in total. The van der Waals surface area contributed by atoms with Crippen LogP contribution in [0.3, 0.4) is 0 Å². The maximum atomic E-state index is 14.9. The van der Waals surface area contributed by atoms with Crippen LogP contribution in [0, 0.1) is 19.7 Å². The topological polar surface area (TPSA) is 135 Å². The fourth-order valence-electron chi connectivity index (χ4n) is 4.44. The number of nitrogens with zero attached hydrogens (tertiary/aromatic N) is 1. The van der Waals surface area contributed by atoms with E-state index >= 15 is 0 Å². The van der Waals surface area contributed by atoms with Gasteiger partial charge in [0.25, 0.3) is 0 Å². The molecular weight excluding hydrogens is 522 g/mol. The van der Waals surface area contributed by atoms with Crippen LogP contribution < -0.4 is 15.2 Å². The van der Waals surface area contributed by atoms with E-state index in [-0.39, 0.29) is 18.6 Å². The van der Waals surface area contributed by atoms with Gasteiger partial charge in [0, 0.05) is 17.9 Å². The van der Waals surface area contributed by atoms with E-state index in [1.807, 2.05) is 5.10 Å². The minimum atomic E-state index is -4.88. The first-order chi connectivity index (χ1) is 17.2. The van der Waals surface area contributed by atoms with Crippen molar-refractivity contribution < 1.29 is 40.2 Å². The lowest BCUT2D eigenvalue weighted by Crippen LogP contribution is -2.34. The predicted molar refractivity (Wildman–Crippen MR) is 121 cm³/mol. The van der Waals surface area contributed by atoms with Crippen LogP contribution in [-0.4, -0.2) is 30.3 Å². The molecule has 2 heterocycles. The van der Waals surface area contributed by atoms with E-state index in [0.29, 0.717) is 23.3 Å². The van der Waals surface area contributed by atoms with Crippen LogP contribution in [0.25, 0.3) is 0 Å². The molecule has 1 aliphatic rings. The number of halogens is 4. The highest BCUT2D eigenvalue weighted by atomic mass is 32.2. The van der Waals surface area contributed by atoms with Crippen LogP contribution in [0.1, 0.15) is 65.1 Å². The van der Waals surface area contributed by atoms with Gasteiger partial charge in [-0.15, -0.1) is 5.10 Å². The van der Waals surface area contributed by atoms with E-state index < -0.39 is 73.5 Å². The number of benzene rings is 2. The highest BCUT2D eigenvalue weighted by molar-refractivity contribution is 7.89. The molecule has 3 atom stereocenters. The standard InChI is InChI=1S/C23H23F4N3O6S/c1-10-4-6-14(24)17(11(10)2)12(3)19(21-28-29-22(32)36-21)30-37(33,34)16-7-5-13(23(25,26)27)18-15(31)8-9-35-20(16)18/h4-7,12,15,19,30-31H,8-9H2,1-3H3,(H,29,32)/t12-,15+,19+/m1/s1. The highest BCUT2D eigenvalue weighted by Crippen LogP contribution is 2.46. The summed E-state index contributed by atoms with van der Waals surface area (Å²) in [5, 5.41) is 16.0. The number of hydrogen-bond acceptors (Lipinski definition) is 7. The van der Waals surface area contributed by atoms with Gasteiger partial charge in [0.2, 0.25) is 15.9 Å². The number of alkyl halides is 3. The number of ether oxygens (including phenoxy) is 1. The van der Waals surface area contributed by atoms with Crippen LogP contribution in [0.2, 0.25) is 0 Å². The van der Waals surface area contributed by atoms with E-state index in [1.165, 1.54) is 13.0 Å². The Kier molecular flexibility index (Phi) is 6.94. The summed E-state index contributed by atoms with van der Waals surface area (Å²) < 4.78 is 95.3. The summed E-state index contributed by atoms with van der Waals surface area (Å²) in [7, 11) is -4.71. The zero-order valence-electron chi connectivity index (χ0n) is 19.8. The third kappa shape index (κ3) is 5.00. The molecule has 0 spiro atoms. The number of aryl methyl sites for hydroxylation is 1. The summed E-state index contributed by atoms with van der Waals surface area (Å²) in [4.78, 5) is 11.0. The maximum absolute atomic E-state index is 14.9. The average molecular weight is 546 g/mol. The van der Waals surface area contributed by atoms with Crippen LogP contribution in [-0.2, 0) is 16.2 Å². The molecule has 14 heteroatoms. The van der Waals surface area contributed by atoms with Crippen molar-refractivity contribution in [3.05, 3.63) is 74.3 Å². The summed E-state index contributed by atoms with van der Waals surface area (Å²) in [6.07, 6.45) is -6.66. The fourth-order valence-corrected chi connectivity index (χ4v) is 5.86. The minimum absolute atomic E-state index is 0.125. The largest absolute Gasteiger partial charge is 0.492 e. The molecule has 0 fully saturated rings. The van der Waals surface area contributed by atoms with Gasteiger partial charge in [-0.2, -0.15) is 17.9 Å². The molecular formula is C23H23F4N3O6S. The third-order valence-electron chi connectivity index (χ3n) is 6.42. The molecule has 0 unspecified atom stereocenters. The lowest BCUT2D eigenvalue weighted by Gasteiger charge is -2.29. The quantitative estimate of drug-likeness (QED) is 0.402. The number of sulfonamides is 1. The van der Waals surface area contributed by atoms with E-state index in [4.69, 9.17) is 9.15 Å². The van der Waals surface area contributed by atoms with Crippen molar-refractivity contribution in [2.45, 2.75) is 56.3 Å². The molecule has 0 saturated carbocycles. The van der Waals surface area contributed by atoms with Gasteiger partial charge in [-0.3, -0.25) is 0 Å². The van der Waals surface area contributed by atoms with Crippen molar-refractivity contribution >= 4 is 10.0 Å². The van der Waals surface area contributed by atoms with Gasteiger partial charge < -0.3 is 14.3 Å². The number of H-pyrrole nitrogens is 1. The number of aliphatic hydroxyl groups excluding tert-OH is 1. The number of rotatable bonds is 6. The van der Waals surface area contributed by atoms with Gasteiger partial charge >= 0.3 is 11.9 Å². The molecule has 1 aromatic heterocycles. The summed E-state index contributed by atoms with van der Waals surface area (Å²) in [5.74, 6) is -3.68. The second-order valence-corrected chi connectivity index (χ2v) is 10.4. The van der Waals surface area contributed by atoms with Crippen LogP contribution in [0.4, 0.5) is 17.6 Å². The zero-order chi connectivity index (χ0) is 27.3. The van der Waals surface area contributed by atoms with Gasteiger partial charge in [-0.1, -0.05) is 13.0 Å². The minimum Gasteiger partial charge on any atom is -0.492 e. The van der Waals surface area contributed by atoms with Crippen LogP contribution in [0.5, 0.6) is 5.75 Å². The molecule has 0 radical (unpaired) electrons. The lowest BCUT2D eigenvalue weighted by molar-refractivity contribution is -0.139. The summed E-state index contributed by atoms with van der Waals surface area (Å²) in [6, 6.07) is 2.56. The number of nitrogens with one attached hydrogen (secondary N) is 2. The maximum Gasteiger partial charge on any atom is 0.434 e. The smallest absolute Gasteiger partial charge is 0.434 e. The Labute approximate surface area is 208 Å². The summed E-state index contributed by atoms with van der Waals surface area (Å²) in [5.41, 5.74) is -0.563. The molecule has 4 rings (SSSR count). The highest BCUT2D eigenvalue weighted by Gasteiger charge is 2.42. The number of aliphatic hydroxyl groups is 1. The molecule has 2 aromatic carbocycles. The molecule has 3 N–H and O–H groups in total. The SMILES string of the molecule is Cc1ccc(F)c([C@@H](C)[C@H](NS(=O)(=O)c2ccc(C(F)(F)F)c3c2OCC[C@@H]3O)c2n[nH]c(=O)o2)c1C. The lowest BCUT2D eigenvalue weighted by atomic mass is 9.88. The molecule has 0 bridgehead atoms. The van der Waals surface area contributed by atoms with Gasteiger partial charge in [0.1, 0.15) is 22.5 Å². The number of aromatic amines is 1. The monoisotopic (exact) mass is 545 g/mol. The predicted octanol–water partition coefficient (Wildman–Crippen LogP) is 3.78. The molecule has 0 saturated heterocycles. The van der Waals surface area contributed by atoms with Crippen LogP contribution >= 0.6 is 0 Å². The first-order valence-electron chi connectivity index (χ1n) is 11.1. The first-order valence-corrected chi connectivity index (χ1v) is 12.6. The molecule has 0 amide bonds. The van der Waals surface area contributed by atoms with Crippen molar-refractivity contribution in [2.75, 3.05) is 6.61 Å². The molecule has 1 aliphatic heterocycles. The zero-order valence-corrected chi connectivity index (χ0v) is 20.6. The number of fused-ring (bicyclic) bond motifs is 1. The van der Waals surface area contributed by atoms with Gasteiger partial charge in [-0.25, -0.2) is 22.7 Å². The Morgan fingerprint density at radius 1 is 1.22 bits per heavy atom. The number of hydrogen-bond donors (Lipinski definition) is 3. The Bertz CT molecular complexity index is 1500. The number of aromatic nitrogens is 2. The Morgan fingerprint density at radius 3 is 2.54 bits per heavy atom. The van der Waals surface area contributed by atoms with Crippen molar-refractivity contribution in [2.24, 2.45) is 0 Å². The van der Waals surface area contributed by atoms with E-state index in [1.54, 1.807) is 19.9 Å². The summed E-state index contributed by atoms with van der Waals surface area (Å²) >= 11 is 0. The molecule has 3 aromatic rings. The first kappa shape index (κ1) is 26.8. The van der Waals surface area contributed by atoms with E-state index in [2.05, 4.69) is 9.82 Å². The van der Waals surface area contributed by atoms with Crippen molar-refractivity contribution in [3.8, 4) is 5.75 Å². The van der Waals surface area contributed by atoms with E-state index in [9.17, 15) is 35.9 Å². The van der Waals surface area contributed by atoms with Crippen molar-refractivity contribution in [1.82, 2.24) is 14.9 Å². The Hall–Kier alpha value is -3.23. The normalized spacial score (nSPS) is 17.7. The van der Waals surface area contributed by atoms with E-state index in [0.717, 1.165) is 0 Å². The van der Waals surface area contributed by atoms with Crippen molar-refractivity contribution in [1.29, 1.82) is 0 Å². The second kappa shape index (κ2) is 9.58. The molecule has 200 valence electrons. The molecule has 0 aliphatic carbocycles. The van der Waals surface area contributed by atoms with Crippen LogP contribution in [0.15, 0.2) is 38.4 Å². The fraction of sp³-hybridized carbons (Fsp3) is 0.391. The Morgan fingerprint density at radius 2 is 1.92 bits per heavy atom. The van der Waals surface area contributed by atoms with Gasteiger partial charge in [-0.05, 0) is 48.7 Å². The summed E-state index contributed by atoms with van der Waals surface area (Å²) in [6.45, 7) is 4.63.